The van der Waals surface area contributed by atoms with Gasteiger partial charge in [-0.1, -0.05) is 72.8 Å². The Balaban J connectivity index is 0.00000114. The van der Waals surface area contributed by atoms with Gasteiger partial charge >= 0.3 is 53.7 Å². The number of aliphatic hydroxyl groups is 1. The molecule has 0 bridgehead atoms. The smallest absolute Gasteiger partial charge is 0.344 e. The molecule has 0 aliphatic rings. The quantitative estimate of drug-likeness (QED) is 0.0557. The fourth-order valence-corrected chi connectivity index (χ4v) is 8.72. The molecule has 25 nitrogen and oxygen atoms in total. The number of hydrogen-bond donors (Lipinski definition) is 3. The molecule has 3 aromatic rings. The number of carboxylic acids is 2. The van der Waals surface area contributed by atoms with Crippen LogP contribution in [0.1, 0.15) is 77.5 Å². The van der Waals surface area contributed by atoms with Crippen LogP contribution in [0.4, 0.5) is 0 Å². The van der Waals surface area contributed by atoms with E-state index in [1.54, 1.807) is 90.1 Å². The van der Waals surface area contributed by atoms with Crippen LogP contribution in [-0.2, 0) is 106 Å². The predicted octanol–water partition coefficient (Wildman–Crippen LogP) is 4.69. The summed E-state index contributed by atoms with van der Waals surface area (Å²) in [7, 11) is -10.5. The lowest BCUT2D eigenvalue weighted by atomic mass is 10.2. The normalized spacial score (nSPS) is 11.1. The lowest BCUT2D eigenvalue weighted by molar-refractivity contribution is -0.165. The second kappa shape index (κ2) is 35.8. The van der Waals surface area contributed by atoms with E-state index >= 15 is 0 Å². The first kappa shape index (κ1) is 75.9. The summed E-state index contributed by atoms with van der Waals surface area (Å²) in [6.07, 6.45) is -1.53. The third-order valence-electron chi connectivity index (χ3n) is 9.49. The third-order valence-corrected chi connectivity index (χ3v) is 14.6. The minimum atomic E-state index is -3.59. The molecule has 28 heteroatoms. The average Bonchev–Trinajstić information content (AvgIpc) is 3.36. The molecule has 0 spiro atoms. The minimum absolute atomic E-state index is 0.121. The van der Waals surface area contributed by atoms with E-state index in [0.717, 1.165) is 16.7 Å². The first-order chi connectivity index (χ1) is 38.6. The number of rotatable bonds is 26. The Bertz CT molecular complexity index is 3150. The molecule has 0 fully saturated rings. The molecule has 84 heavy (non-hydrogen) atoms. The van der Waals surface area contributed by atoms with Gasteiger partial charge < -0.3 is 48.5 Å². The fraction of sp³-hybridized carbons (Fsp3) is 0.411. The number of carbonyl (C=O) groups is 9. The Morgan fingerprint density at radius 2 is 0.679 bits per heavy atom. The second-order valence-electron chi connectivity index (χ2n) is 19.6. The molecule has 0 saturated heterocycles. The van der Waals surface area contributed by atoms with Crippen LogP contribution in [0.3, 0.4) is 0 Å². The summed E-state index contributed by atoms with van der Waals surface area (Å²) in [5, 5.41) is 25.3. The van der Waals surface area contributed by atoms with Gasteiger partial charge in [-0.05, 0) is 98.7 Å². The molecule has 0 saturated carbocycles. The van der Waals surface area contributed by atoms with Crippen molar-refractivity contribution in [3.05, 3.63) is 126 Å². The molecular formula is C56H72O25S3. The van der Waals surface area contributed by atoms with Gasteiger partial charge in [0.2, 0.25) is 0 Å². The van der Waals surface area contributed by atoms with Gasteiger partial charge in [0.1, 0.15) is 24.4 Å². The minimum Gasteiger partial charge on any atom is -0.481 e. The zero-order chi connectivity index (χ0) is 64.8. The topological polar surface area (TPSA) is 381 Å². The lowest BCUT2D eigenvalue weighted by Gasteiger charge is -2.19. The van der Waals surface area contributed by atoms with Crippen LogP contribution in [-0.4, -0.2) is 162 Å². The summed E-state index contributed by atoms with van der Waals surface area (Å²) in [4.78, 5) is 101. The monoisotopic (exact) mass is 1240 g/mol. The lowest BCUT2D eigenvalue weighted by Crippen LogP contribution is -2.27. The van der Waals surface area contributed by atoms with Crippen molar-refractivity contribution in [1.29, 1.82) is 0 Å². The van der Waals surface area contributed by atoms with Gasteiger partial charge in [-0.3, -0.25) is 14.4 Å². The number of benzene rings is 3. The van der Waals surface area contributed by atoms with Crippen molar-refractivity contribution in [3.63, 3.8) is 0 Å². The highest BCUT2D eigenvalue weighted by Gasteiger charge is 2.23. The van der Waals surface area contributed by atoms with Crippen molar-refractivity contribution in [2.24, 2.45) is 0 Å². The molecule has 3 N–H and O–H groups in total. The average molecular weight is 1240 g/mol. The van der Waals surface area contributed by atoms with Crippen LogP contribution < -0.4 is 0 Å². The van der Waals surface area contributed by atoms with Crippen LogP contribution >= 0.6 is 0 Å². The van der Waals surface area contributed by atoms with E-state index in [2.05, 4.69) is 29.2 Å². The molecule has 0 unspecified atom stereocenters. The maximum Gasteiger partial charge on any atom is 0.344 e. The fourth-order valence-electron chi connectivity index (χ4n) is 5.51. The number of aliphatic hydroxyl groups excluding tert-OH is 1. The standard InChI is InChI=1S/C20H26O8S.C16H18O8S.C11H16O6.C9H12O3S/c1-14-6-8-16(9-7-14)29(24,25)11-10-26-17(21)12-15(2)19(23)27-13-18(22)28-20(3,4)5;1-11-3-5-13(6-4-11)25(21,22)8-7-23-15(19)9-12(2)16(20)24-10-14(17)18;1-7(5-8(12)13)10(15)16-6-9(14)17-11(2,3)4;1-8-2-4-9(5-3-8)13(11,12)7-6-10/h6-9H,2,10-13H2,1,3-5H3;3-6H,2,7-10H2,1H3,(H,17,18);1,5-6H2,2-4H3,(H,12,13);2-5,10H,6-7H2,1H3. The first-order valence-corrected chi connectivity index (χ1v) is 29.8. The van der Waals surface area contributed by atoms with E-state index in [1.165, 1.54) is 24.3 Å². The summed E-state index contributed by atoms with van der Waals surface area (Å²) in [6, 6.07) is 19.1. The van der Waals surface area contributed by atoms with Gasteiger partial charge in [0.25, 0.3) is 0 Å². The number of ether oxygens (including phenoxy) is 7. The van der Waals surface area contributed by atoms with Crippen molar-refractivity contribution in [2.45, 2.75) is 107 Å². The molecule has 0 aromatic heterocycles. The zero-order valence-corrected chi connectivity index (χ0v) is 50.5. The highest BCUT2D eigenvalue weighted by atomic mass is 32.2. The van der Waals surface area contributed by atoms with Crippen LogP contribution in [0.15, 0.2) is 124 Å². The number of aliphatic carboxylic acids is 2. The van der Waals surface area contributed by atoms with Gasteiger partial charge in [-0.2, -0.15) is 0 Å². The van der Waals surface area contributed by atoms with Crippen LogP contribution in [0.25, 0.3) is 0 Å². The molecule has 3 rings (SSSR count). The maximum absolute atomic E-state index is 12.2. The highest BCUT2D eigenvalue weighted by Crippen LogP contribution is 2.16. The van der Waals surface area contributed by atoms with Gasteiger partial charge in [0, 0.05) is 16.7 Å². The molecule has 0 atom stereocenters. The maximum atomic E-state index is 12.2. The second-order valence-corrected chi connectivity index (χ2v) is 25.9. The van der Waals surface area contributed by atoms with Crippen LogP contribution in [0.2, 0.25) is 0 Å². The van der Waals surface area contributed by atoms with Crippen LogP contribution in [0.5, 0.6) is 0 Å². The van der Waals surface area contributed by atoms with Gasteiger partial charge in [0.15, 0.2) is 49.3 Å². The van der Waals surface area contributed by atoms with Gasteiger partial charge in [0.05, 0.1) is 57.8 Å². The highest BCUT2D eigenvalue weighted by molar-refractivity contribution is 7.92. The molecule has 0 amide bonds. The van der Waals surface area contributed by atoms with Gasteiger partial charge in [-0.25, -0.2) is 54.0 Å². The van der Waals surface area contributed by atoms with Crippen molar-refractivity contribution in [2.75, 3.05) is 56.9 Å². The summed E-state index contributed by atoms with van der Waals surface area (Å²) >= 11 is 0. The summed E-state index contributed by atoms with van der Waals surface area (Å²) in [6.45, 7) is 22.4. The third kappa shape index (κ3) is 34.4. The van der Waals surface area contributed by atoms with Crippen molar-refractivity contribution in [1.82, 2.24) is 0 Å². The van der Waals surface area contributed by atoms with E-state index in [4.69, 9.17) is 39.0 Å². The van der Waals surface area contributed by atoms with E-state index in [1.807, 2.05) is 20.8 Å². The number of esters is 7. The predicted molar refractivity (Wildman–Crippen MR) is 300 cm³/mol. The van der Waals surface area contributed by atoms with Crippen molar-refractivity contribution >= 4 is 83.2 Å². The van der Waals surface area contributed by atoms with E-state index in [9.17, 15) is 68.4 Å². The molecule has 0 radical (unpaired) electrons. The molecule has 0 aliphatic carbocycles. The van der Waals surface area contributed by atoms with Crippen LogP contribution in [0, 0.1) is 20.8 Å². The number of sulfone groups is 3. The summed E-state index contributed by atoms with van der Waals surface area (Å²) in [5.41, 5.74) is 0.743. The van der Waals surface area contributed by atoms with E-state index in [0.29, 0.717) is 0 Å². The largest absolute Gasteiger partial charge is 0.481 e. The number of carbonyl (C=O) groups excluding carboxylic acids is 7. The van der Waals surface area contributed by atoms with Crippen molar-refractivity contribution < 1.29 is 117 Å². The molecule has 464 valence electrons. The molecule has 0 heterocycles. The first-order valence-electron chi connectivity index (χ1n) is 24.8. The Hall–Kier alpha value is -8.08. The number of aryl methyl sites for hydroxylation is 3. The van der Waals surface area contributed by atoms with Crippen molar-refractivity contribution in [3.8, 4) is 0 Å². The Morgan fingerprint density at radius 3 is 0.940 bits per heavy atom. The number of carboxylic acid groups (broad SMARTS) is 2. The van der Waals surface area contributed by atoms with E-state index in [-0.39, 0.29) is 57.0 Å². The van der Waals surface area contributed by atoms with Gasteiger partial charge in [-0.15, -0.1) is 0 Å². The summed E-state index contributed by atoms with van der Waals surface area (Å²) < 4.78 is 104. The Kier molecular flexibility index (Phi) is 32.4. The zero-order valence-electron chi connectivity index (χ0n) is 48.1. The van der Waals surface area contributed by atoms with E-state index < -0.39 is 145 Å². The Morgan fingerprint density at radius 1 is 0.405 bits per heavy atom. The summed E-state index contributed by atoms with van der Waals surface area (Å²) in [5.74, 6) is -9.57. The molecule has 3 aromatic carbocycles. The number of hydrogen-bond acceptors (Lipinski definition) is 23. The Labute approximate surface area is 488 Å². The molecule has 0 aliphatic heterocycles. The SMILES string of the molecule is C=C(CC(=O)O)C(=O)OCC(=O)OC(C)(C)C.C=C(CC(=O)OCCS(=O)(=O)c1ccc(C)cc1)C(=O)OCC(=O)O.C=C(CC(=O)OCCS(=O)(=O)c1ccc(C)cc1)C(=O)OCC(=O)OC(C)(C)C.Cc1ccc(S(=O)(=O)CCO)cc1. The molecular weight excluding hydrogens is 1170 g/mol.